The molecule has 0 spiro atoms. The minimum atomic E-state index is -3.49. The molecule has 5 rings (SSSR count). The molecule has 1 fully saturated rings. The molecule has 1 aromatic carbocycles. The number of piperidine rings is 1. The molecule has 3 aromatic rings. The molecule has 2 aliphatic heterocycles. The number of amides is 1. The van der Waals surface area contributed by atoms with E-state index < -0.39 is 10.0 Å². The van der Waals surface area contributed by atoms with Crippen LogP contribution in [0.3, 0.4) is 0 Å². The van der Waals surface area contributed by atoms with Crippen molar-refractivity contribution in [3.63, 3.8) is 0 Å². The Kier molecular flexibility index (Phi) is 7.01. The van der Waals surface area contributed by atoms with Gasteiger partial charge >= 0.3 is 0 Å². The molecule has 10 nitrogen and oxygen atoms in total. The summed E-state index contributed by atoms with van der Waals surface area (Å²) >= 11 is 0. The van der Waals surface area contributed by atoms with Crippen molar-refractivity contribution >= 4 is 33.4 Å². The normalized spacial score (nSPS) is 19.7. The van der Waals surface area contributed by atoms with Crippen LogP contribution in [0.15, 0.2) is 42.7 Å². The number of aryl methyl sites for hydroxylation is 1. The summed E-state index contributed by atoms with van der Waals surface area (Å²) in [4.78, 5) is 30.6. The Balaban J connectivity index is 1.21. The molecule has 2 aliphatic rings. The van der Waals surface area contributed by atoms with Crippen molar-refractivity contribution in [3.8, 4) is 0 Å². The first-order valence-corrected chi connectivity index (χ1v) is 14.3. The Bertz CT molecular complexity index is 1480. The molecule has 0 bridgehead atoms. The lowest BCUT2D eigenvalue weighted by Crippen LogP contribution is -2.50. The van der Waals surface area contributed by atoms with Crippen LogP contribution in [0.1, 0.15) is 46.9 Å². The fourth-order valence-corrected chi connectivity index (χ4v) is 5.60. The zero-order valence-corrected chi connectivity index (χ0v) is 22.3. The number of nitrogens with one attached hydrogen (secondary N) is 2. The standard InChI is InChI=1S/C26H30FN7O3S/c1-16-10-20(4-5-22(16)27)30-26-29-13-19-14-33(15-23(19)31-26)21-7-9-34(17(2)11-21)25(35)18-6-8-28-24(12-18)32-38(3,36)37/h4-6,8,10,12-13,17,21H,7,9,11,14-15H2,1-3H3,(H,28,32)(H,29,30,31)/t17-,21-/m1/s1. The summed E-state index contributed by atoms with van der Waals surface area (Å²) in [5.41, 5.74) is 3.74. The van der Waals surface area contributed by atoms with E-state index in [1.165, 1.54) is 18.3 Å². The number of anilines is 3. The van der Waals surface area contributed by atoms with Gasteiger partial charge in [-0.1, -0.05) is 0 Å². The average molecular weight is 540 g/mol. The minimum Gasteiger partial charge on any atom is -0.336 e. The van der Waals surface area contributed by atoms with Crippen LogP contribution in [0.5, 0.6) is 0 Å². The lowest BCUT2D eigenvalue weighted by molar-refractivity contribution is 0.0460. The number of hydrogen-bond acceptors (Lipinski definition) is 8. The Labute approximate surface area is 221 Å². The van der Waals surface area contributed by atoms with Crippen LogP contribution in [-0.4, -0.2) is 64.0 Å². The molecule has 2 N–H and O–H groups in total. The zero-order valence-electron chi connectivity index (χ0n) is 21.5. The number of hydrogen-bond donors (Lipinski definition) is 2. The van der Waals surface area contributed by atoms with E-state index in [4.69, 9.17) is 4.98 Å². The van der Waals surface area contributed by atoms with E-state index in [9.17, 15) is 17.6 Å². The van der Waals surface area contributed by atoms with Gasteiger partial charge < -0.3 is 10.2 Å². The third-order valence-electron chi connectivity index (χ3n) is 7.02. The second-order valence-electron chi connectivity index (χ2n) is 9.99. The van der Waals surface area contributed by atoms with Gasteiger partial charge in [0.15, 0.2) is 0 Å². The number of carbonyl (C=O) groups excluding carboxylic acids is 1. The molecule has 38 heavy (non-hydrogen) atoms. The molecular weight excluding hydrogens is 509 g/mol. The summed E-state index contributed by atoms with van der Waals surface area (Å²) in [6, 6.07) is 8.18. The zero-order chi connectivity index (χ0) is 27.0. The molecule has 0 radical (unpaired) electrons. The Morgan fingerprint density at radius 2 is 1.97 bits per heavy atom. The predicted molar refractivity (Wildman–Crippen MR) is 142 cm³/mol. The minimum absolute atomic E-state index is 0.00877. The number of sulfonamides is 1. The quantitative estimate of drug-likeness (QED) is 0.489. The summed E-state index contributed by atoms with van der Waals surface area (Å²) < 4.78 is 39.0. The Morgan fingerprint density at radius 3 is 2.71 bits per heavy atom. The summed E-state index contributed by atoms with van der Waals surface area (Å²) in [7, 11) is -3.49. The van der Waals surface area contributed by atoms with Crippen molar-refractivity contribution in [1.29, 1.82) is 0 Å². The fraction of sp³-hybridized carbons (Fsp3) is 0.385. The van der Waals surface area contributed by atoms with Gasteiger partial charge in [0.1, 0.15) is 11.6 Å². The van der Waals surface area contributed by atoms with Crippen LogP contribution >= 0.6 is 0 Å². The fourth-order valence-electron chi connectivity index (χ4n) is 5.10. The summed E-state index contributed by atoms with van der Waals surface area (Å²) in [5, 5.41) is 3.16. The van der Waals surface area contributed by atoms with E-state index in [-0.39, 0.29) is 23.6 Å². The van der Waals surface area contributed by atoms with E-state index in [0.717, 1.165) is 42.6 Å². The lowest BCUT2D eigenvalue weighted by atomic mass is 9.96. The van der Waals surface area contributed by atoms with E-state index in [1.807, 2.05) is 18.0 Å². The maximum atomic E-state index is 13.6. The van der Waals surface area contributed by atoms with E-state index in [2.05, 4.69) is 24.9 Å². The average Bonchev–Trinajstić information content (AvgIpc) is 3.28. The summed E-state index contributed by atoms with van der Waals surface area (Å²) in [6.07, 6.45) is 5.95. The number of nitrogens with zero attached hydrogens (tertiary/aromatic N) is 5. The lowest BCUT2D eigenvalue weighted by Gasteiger charge is -2.41. The number of benzene rings is 1. The molecule has 2 atom stereocenters. The first-order chi connectivity index (χ1) is 18.1. The van der Waals surface area contributed by atoms with E-state index >= 15 is 0 Å². The first-order valence-electron chi connectivity index (χ1n) is 12.4. The van der Waals surface area contributed by atoms with Crippen LogP contribution in [-0.2, 0) is 23.1 Å². The van der Waals surface area contributed by atoms with Crippen molar-refractivity contribution in [2.45, 2.75) is 51.9 Å². The van der Waals surface area contributed by atoms with Crippen LogP contribution in [0.4, 0.5) is 21.8 Å². The van der Waals surface area contributed by atoms with Gasteiger partial charge in [-0.15, -0.1) is 0 Å². The van der Waals surface area contributed by atoms with E-state index in [0.29, 0.717) is 36.2 Å². The third kappa shape index (κ3) is 5.76. The molecule has 4 heterocycles. The highest BCUT2D eigenvalue weighted by Gasteiger charge is 2.35. The number of likely N-dealkylation sites (tertiary alicyclic amines) is 1. The molecule has 0 aliphatic carbocycles. The van der Waals surface area contributed by atoms with Crippen LogP contribution in [0, 0.1) is 12.7 Å². The van der Waals surface area contributed by atoms with Gasteiger partial charge in [-0.3, -0.25) is 14.4 Å². The molecule has 0 unspecified atom stereocenters. The highest BCUT2D eigenvalue weighted by molar-refractivity contribution is 7.92. The number of halogens is 1. The second kappa shape index (κ2) is 10.3. The van der Waals surface area contributed by atoms with Gasteiger partial charge in [0.05, 0.1) is 11.9 Å². The van der Waals surface area contributed by atoms with E-state index in [1.54, 1.807) is 25.1 Å². The van der Waals surface area contributed by atoms with Gasteiger partial charge in [-0.2, -0.15) is 0 Å². The van der Waals surface area contributed by atoms with Gasteiger partial charge in [0.2, 0.25) is 16.0 Å². The Morgan fingerprint density at radius 1 is 1.16 bits per heavy atom. The second-order valence-corrected chi connectivity index (χ2v) is 11.7. The number of aromatic nitrogens is 3. The third-order valence-corrected chi connectivity index (χ3v) is 7.60. The maximum Gasteiger partial charge on any atom is 0.254 e. The number of fused-ring (bicyclic) bond motifs is 1. The van der Waals surface area contributed by atoms with Crippen molar-refractivity contribution in [2.75, 3.05) is 22.8 Å². The molecule has 0 saturated carbocycles. The molecular formula is C26H30FN7O3S. The highest BCUT2D eigenvalue weighted by Crippen LogP contribution is 2.31. The molecule has 1 saturated heterocycles. The molecule has 1 amide bonds. The van der Waals surface area contributed by atoms with Crippen LogP contribution in [0.2, 0.25) is 0 Å². The van der Waals surface area contributed by atoms with Gasteiger partial charge in [0, 0.05) is 60.9 Å². The predicted octanol–water partition coefficient (Wildman–Crippen LogP) is 3.44. The van der Waals surface area contributed by atoms with Crippen molar-refractivity contribution in [3.05, 3.63) is 70.9 Å². The van der Waals surface area contributed by atoms with Crippen LogP contribution < -0.4 is 10.0 Å². The first kappa shape index (κ1) is 26.0. The Hall–Kier alpha value is -3.64. The van der Waals surface area contributed by atoms with Gasteiger partial charge in [-0.25, -0.2) is 27.8 Å². The number of pyridine rings is 1. The van der Waals surface area contributed by atoms with Gasteiger partial charge in [0.25, 0.3) is 5.91 Å². The smallest absolute Gasteiger partial charge is 0.254 e. The molecule has 12 heteroatoms. The summed E-state index contributed by atoms with van der Waals surface area (Å²) in [6.45, 7) is 5.80. The molecule has 200 valence electrons. The molecule has 2 aromatic heterocycles. The van der Waals surface area contributed by atoms with Crippen LogP contribution in [0.25, 0.3) is 0 Å². The largest absolute Gasteiger partial charge is 0.336 e. The highest BCUT2D eigenvalue weighted by atomic mass is 32.2. The van der Waals surface area contributed by atoms with Crippen molar-refractivity contribution < 1.29 is 17.6 Å². The van der Waals surface area contributed by atoms with Crippen molar-refractivity contribution in [1.82, 2.24) is 24.8 Å². The van der Waals surface area contributed by atoms with Crippen molar-refractivity contribution in [2.24, 2.45) is 0 Å². The number of rotatable bonds is 6. The summed E-state index contributed by atoms with van der Waals surface area (Å²) in [5.74, 6) is 0.211. The SMILES string of the molecule is Cc1cc(Nc2ncc3c(n2)CN([C@@H]2CCN(C(=O)c4ccnc(NS(C)(=O)=O)c4)[C@H](C)C2)C3)ccc1F. The monoisotopic (exact) mass is 539 g/mol. The maximum absolute atomic E-state index is 13.6. The number of carbonyl (C=O) groups is 1. The van der Waals surface area contributed by atoms with Gasteiger partial charge in [-0.05, 0) is 62.6 Å². The topological polar surface area (TPSA) is 120 Å².